The number of aromatic hydroxyl groups is 2. The molecule has 2 fully saturated rings. The van der Waals surface area contributed by atoms with E-state index in [1.54, 1.807) is 24.3 Å². The topological polar surface area (TPSA) is 46.9 Å². The van der Waals surface area contributed by atoms with Crippen LogP contribution in [0.3, 0.4) is 0 Å². The molecular weight excluding hydrogens is 288 g/mol. The van der Waals surface area contributed by atoms with Gasteiger partial charge in [-0.2, -0.15) is 0 Å². The minimum absolute atomic E-state index is 0.0218. The summed E-state index contributed by atoms with van der Waals surface area (Å²) in [6, 6.07) is 15.1. The zero-order chi connectivity index (χ0) is 15.9. The minimum atomic E-state index is 0.0218. The number of hydrogen-bond acceptors (Lipinski definition) is 4. The lowest BCUT2D eigenvalue weighted by atomic mass is 10.0. The second-order valence-corrected chi connectivity index (χ2v) is 6.53. The summed E-state index contributed by atoms with van der Waals surface area (Å²) >= 11 is 0. The molecule has 4 heteroatoms. The van der Waals surface area contributed by atoms with Crippen molar-refractivity contribution >= 4 is 11.4 Å². The van der Waals surface area contributed by atoms with Gasteiger partial charge in [0.1, 0.15) is 17.2 Å². The fourth-order valence-electron chi connectivity index (χ4n) is 4.27. The molecule has 2 aromatic carbocycles. The van der Waals surface area contributed by atoms with Crippen molar-refractivity contribution in [3.8, 4) is 11.5 Å². The molecule has 4 rings (SSSR count). The third-order valence-corrected chi connectivity index (χ3v) is 5.25. The Labute approximate surface area is 136 Å². The number of hydrogen-bond donors (Lipinski definition) is 2. The van der Waals surface area contributed by atoms with E-state index in [1.807, 2.05) is 24.3 Å². The van der Waals surface area contributed by atoms with Crippen molar-refractivity contribution < 1.29 is 10.2 Å². The largest absolute Gasteiger partial charge is 0.508 e. The molecule has 2 saturated heterocycles. The number of anilines is 2. The first kappa shape index (κ1) is 14.2. The van der Waals surface area contributed by atoms with Crippen LogP contribution in [0.25, 0.3) is 0 Å². The van der Waals surface area contributed by atoms with Crippen LogP contribution in [0.5, 0.6) is 11.5 Å². The summed E-state index contributed by atoms with van der Waals surface area (Å²) in [5.41, 5.74) is 2.37. The SMILES string of the molecule is Oc1ccc(N2CCCC23CCCN3c2ccc(O)cc2)cc1. The van der Waals surface area contributed by atoms with Gasteiger partial charge in [0.2, 0.25) is 0 Å². The molecule has 120 valence electrons. The Morgan fingerprint density at radius 1 is 0.652 bits per heavy atom. The molecule has 0 aliphatic carbocycles. The summed E-state index contributed by atoms with van der Waals surface area (Å²) in [6.45, 7) is 2.08. The summed E-state index contributed by atoms with van der Waals surface area (Å²) in [4.78, 5) is 4.98. The Balaban J connectivity index is 1.71. The molecule has 4 nitrogen and oxygen atoms in total. The zero-order valence-electron chi connectivity index (χ0n) is 13.2. The molecular formula is C19H22N2O2. The predicted octanol–water partition coefficient (Wildman–Crippen LogP) is 3.69. The highest BCUT2D eigenvalue weighted by Crippen LogP contribution is 2.46. The molecule has 0 radical (unpaired) electrons. The molecule has 0 saturated carbocycles. The lowest BCUT2D eigenvalue weighted by Crippen LogP contribution is -2.54. The summed E-state index contributed by atoms with van der Waals surface area (Å²) in [7, 11) is 0. The smallest absolute Gasteiger partial charge is 0.115 e. The Morgan fingerprint density at radius 3 is 1.43 bits per heavy atom. The van der Waals surface area contributed by atoms with Crippen molar-refractivity contribution in [2.45, 2.75) is 31.3 Å². The lowest BCUT2D eigenvalue weighted by Gasteiger charge is -2.45. The molecule has 2 N–H and O–H groups in total. The first-order valence-corrected chi connectivity index (χ1v) is 8.32. The van der Waals surface area contributed by atoms with E-state index in [1.165, 1.54) is 24.2 Å². The molecule has 2 aromatic rings. The van der Waals surface area contributed by atoms with Crippen molar-refractivity contribution in [2.24, 2.45) is 0 Å². The van der Waals surface area contributed by atoms with Gasteiger partial charge in [-0.05, 0) is 74.2 Å². The fourth-order valence-corrected chi connectivity index (χ4v) is 4.27. The average molecular weight is 310 g/mol. The molecule has 0 atom stereocenters. The van der Waals surface area contributed by atoms with Crippen LogP contribution in [0, 0.1) is 0 Å². The van der Waals surface area contributed by atoms with Gasteiger partial charge in [-0.25, -0.2) is 0 Å². The van der Waals surface area contributed by atoms with E-state index in [-0.39, 0.29) is 5.66 Å². The maximum Gasteiger partial charge on any atom is 0.115 e. The van der Waals surface area contributed by atoms with E-state index in [9.17, 15) is 10.2 Å². The van der Waals surface area contributed by atoms with Gasteiger partial charge in [0, 0.05) is 24.5 Å². The third-order valence-electron chi connectivity index (χ3n) is 5.25. The van der Waals surface area contributed by atoms with Gasteiger partial charge in [-0.15, -0.1) is 0 Å². The summed E-state index contributed by atoms with van der Waals surface area (Å²) < 4.78 is 0. The van der Waals surface area contributed by atoms with E-state index >= 15 is 0 Å². The molecule has 0 unspecified atom stereocenters. The first-order chi connectivity index (χ1) is 11.2. The molecule has 1 spiro atoms. The molecule has 23 heavy (non-hydrogen) atoms. The van der Waals surface area contributed by atoms with Crippen molar-refractivity contribution in [2.75, 3.05) is 22.9 Å². The number of benzene rings is 2. The number of rotatable bonds is 2. The standard InChI is InChI=1S/C19H22N2O2/c22-17-7-3-15(4-8-17)20-13-1-11-19(20)12-2-14-21(19)16-5-9-18(23)10-6-16/h3-10,22-23H,1-2,11-14H2. The Bertz CT molecular complexity index is 620. The van der Waals surface area contributed by atoms with Gasteiger partial charge in [0.25, 0.3) is 0 Å². The van der Waals surface area contributed by atoms with Gasteiger partial charge in [0.15, 0.2) is 0 Å². The Morgan fingerprint density at radius 2 is 1.04 bits per heavy atom. The van der Waals surface area contributed by atoms with Crippen LogP contribution < -0.4 is 9.80 Å². The van der Waals surface area contributed by atoms with E-state index in [2.05, 4.69) is 9.80 Å². The maximum absolute atomic E-state index is 9.56. The lowest BCUT2D eigenvalue weighted by molar-refractivity contribution is 0.439. The van der Waals surface area contributed by atoms with Crippen LogP contribution in [0.2, 0.25) is 0 Å². The van der Waals surface area contributed by atoms with Crippen LogP contribution in [-0.4, -0.2) is 29.0 Å². The molecule has 0 aromatic heterocycles. The number of phenols is 2. The number of nitrogens with zero attached hydrogens (tertiary/aromatic N) is 2. The number of phenolic OH excluding ortho intramolecular Hbond substituents is 2. The van der Waals surface area contributed by atoms with E-state index in [0.29, 0.717) is 11.5 Å². The normalized spacial score (nSPS) is 19.7. The van der Waals surface area contributed by atoms with E-state index in [0.717, 1.165) is 25.9 Å². The zero-order valence-corrected chi connectivity index (χ0v) is 13.2. The second-order valence-electron chi connectivity index (χ2n) is 6.53. The van der Waals surface area contributed by atoms with Crippen LogP contribution in [-0.2, 0) is 0 Å². The van der Waals surface area contributed by atoms with Crippen LogP contribution in [0.15, 0.2) is 48.5 Å². The second kappa shape index (κ2) is 5.37. The monoisotopic (exact) mass is 310 g/mol. The van der Waals surface area contributed by atoms with Crippen molar-refractivity contribution in [3.05, 3.63) is 48.5 Å². The van der Waals surface area contributed by atoms with Gasteiger partial charge >= 0.3 is 0 Å². The average Bonchev–Trinajstić information content (AvgIpc) is 3.17. The fraction of sp³-hybridized carbons (Fsp3) is 0.368. The molecule has 0 bridgehead atoms. The highest BCUT2D eigenvalue weighted by Gasteiger charge is 2.48. The third kappa shape index (κ3) is 2.29. The van der Waals surface area contributed by atoms with Gasteiger partial charge < -0.3 is 20.0 Å². The molecule has 2 heterocycles. The summed E-state index contributed by atoms with van der Waals surface area (Å²) in [6.07, 6.45) is 4.65. The van der Waals surface area contributed by atoms with Gasteiger partial charge in [-0.3, -0.25) is 0 Å². The summed E-state index contributed by atoms with van der Waals surface area (Å²) in [5.74, 6) is 0.618. The van der Waals surface area contributed by atoms with Crippen molar-refractivity contribution in [1.29, 1.82) is 0 Å². The van der Waals surface area contributed by atoms with Crippen molar-refractivity contribution in [1.82, 2.24) is 0 Å². The van der Waals surface area contributed by atoms with E-state index in [4.69, 9.17) is 0 Å². The van der Waals surface area contributed by atoms with Crippen LogP contribution >= 0.6 is 0 Å². The highest BCUT2D eigenvalue weighted by molar-refractivity contribution is 5.60. The minimum Gasteiger partial charge on any atom is -0.508 e. The van der Waals surface area contributed by atoms with Crippen LogP contribution in [0.4, 0.5) is 11.4 Å². The van der Waals surface area contributed by atoms with Gasteiger partial charge in [-0.1, -0.05) is 0 Å². The summed E-state index contributed by atoms with van der Waals surface area (Å²) in [5, 5.41) is 19.1. The Kier molecular flexibility index (Phi) is 3.33. The maximum atomic E-state index is 9.56. The highest BCUT2D eigenvalue weighted by atomic mass is 16.3. The molecule has 2 aliphatic heterocycles. The predicted molar refractivity (Wildman–Crippen MR) is 92.1 cm³/mol. The molecule has 0 amide bonds. The Hall–Kier alpha value is -2.36. The van der Waals surface area contributed by atoms with Crippen molar-refractivity contribution in [3.63, 3.8) is 0 Å². The van der Waals surface area contributed by atoms with E-state index < -0.39 is 0 Å². The van der Waals surface area contributed by atoms with Crippen LogP contribution in [0.1, 0.15) is 25.7 Å². The van der Waals surface area contributed by atoms with Gasteiger partial charge in [0.05, 0.1) is 0 Å². The first-order valence-electron chi connectivity index (χ1n) is 8.32. The molecule has 2 aliphatic rings. The quantitative estimate of drug-likeness (QED) is 0.888.